The van der Waals surface area contributed by atoms with Crippen molar-refractivity contribution >= 4 is 23.5 Å². The quantitative estimate of drug-likeness (QED) is 0.220. The van der Waals surface area contributed by atoms with E-state index in [1.807, 2.05) is 30.3 Å². The number of carbonyl (C=O) groups excluding carboxylic acids is 2. The molecule has 170 valence electrons. The van der Waals surface area contributed by atoms with Crippen molar-refractivity contribution in [2.45, 2.75) is 37.8 Å². The first-order valence-electron chi connectivity index (χ1n) is 10.1. The zero-order valence-corrected chi connectivity index (χ0v) is 17.4. The van der Waals surface area contributed by atoms with E-state index in [4.69, 9.17) is 5.73 Å². The molecule has 2 amide bonds. The van der Waals surface area contributed by atoms with Gasteiger partial charge in [-0.3, -0.25) is 19.7 Å². The van der Waals surface area contributed by atoms with Gasteiger partial charge in [0.1, 0.15) is 6.04 Å². The number of carbonyl (C=O) groups is 3. The number of unbranched alkanes of at least 4 members (excludes halogenated alkanes) is 1. The summed E-state index contributed by atoms with van der Waals surface area (Å²) in [4.78, 5) is 45.9. The molecule has 10 nitrogen and oxygen atoms in total. The van der Waals surface area contributed by atoms with Crippen LogP contribution in [0.15, 0.2) is 54.6 Å². The zero-order chi connectivity index (χ0) is 23.5. The number of nitrogens with zero attached hydrogens (tertiary/aromatic N) is 1. The Morgan fingerprint density at radius 2 is 1.69 bits per heavy atom. The van der Waals surface area contributed by atoms with Crippen molar-refractivity contribution in [3.8, 4) is 0 Å². The molecule has 2 aromatic carbocycles. The maximum Gasteiger partial charge on any atom is 0.326 e. The Kier molecular flexibility index (Phi) is 9.30. The molecule has 0 saturated heterocycles. The number of non-ortho nitro benzene ring substituents is 1. The summed E-state index contributed by atoms with van der Waals surface area (Å²) in [7, 11) is 0. The molecule has 2 aromatic rings. The molecule has 0 fully saturated rings. The Morgan fingerprint density at radius 3 is 2.28 bits per heavy atom. The van der Waals surface area contributed by atoms with Crippen LogP contribution in [-0.2, 0) is 16.0 Å². The number of nitrogens with one attached hydrogen (secondary N) is 2. The lowest BCUT2D eigenvalue weighted by molar-refractivity contribution is -0.384. The van der Waals surface area contributed by atoms with Crippen LogP contribution in [0.25, 0.3) is 0 Å². The minimum atomic E-state index is -1.19. The van der Waals surface area contributed by atoms with Crippen molar-refractivity contribution in [2.24, 2.45) is 5.73 Å². The third-order valence-corrected chi connectivity index (χ3v) is 4.80. The second kappa shape index (κ2) is 12.2. The molecule has 0 radical (unpaired) electrons. The highest BCUT2D eigenvalue weighted by atomic mass is 16.6. The fourth-order valence-electron chi connectivity index (χ4n) is 3.01. The third-order valence-electron chi connectivity index (χ3n) is 4.80. The van der Waals surface area contributed by atoms with Gasteiger partial charge < -0.3 is 21.5 Å². The molecule has 0 aliphatic rings. The number of amides is 2. The number of carboxylic acids is 1. The molecule has 5 N–H and O–H groups in total. The number of rotatable bonds is 12. The average Bonchev–Trinajstić information content (AvgIpc) is 2.78. The summed E-state index contributed by atoms with van der Waals surface area (Å²) < 4.78 is 0. The van der Waals surface area contributed by atoms with Crippen LogP contribution in [0.1, 0.15) is 35.2 Å². The number of hydrogen-bond donors (Lipinski definition) is 4. The van der Waals surface area contributed by atoms with Crippen LogP contribution in [0.5, 0.6) is 0 Å². The lowest BCUT2D eigenvalue weighted by Gasteiger charge is -2.15. The van der Waals surface area contributed by atoms with Gasteiger partial charge in [-0.1, -0.05) is 30.3 Å². The van der Waals surface area contributed by atoms with Crippen LogP contribution >= 0.6 is 0 Å². The summed E-state index contributed by atoms with van der Waals surface area (Å²) in [5.41, 5.74) is 6.84. The maximum absolute atomic E-state index is 12.2. The third kappa shape index (κ3) is 7.80. The van der Waals surface area contributed by atoms with Crippen molar-refractivity contribution in [3.63, 3.8) is 0 Å². The maximum atomic E-state index is 12.2. The average molecular weight is 442 g/mol. The number of benzene rings is 2. The Hall–Kier alpha value is -3.79. The highest BCUT2D eigenvalue weighted by molar-refractivity contribution is 5.96. The first-order chi connectivity index (χ1) is 15.3. The number of nitrogens with two attached hydrogens (primary N) is 1. The number of aliphatic carboxylic acids is 1. The van der Waals surface area contributed by atoms with E-state index in [1.165, 1.54) is 24.3 Å². The number of nitro benzene ring substituents is 1. The summed E-state index contributed by atoms with van der Waals surface area (Å²) in [6.07, 6.45) is 1.55. The van der Waals surface area contributed by atoms with Gasteiger partial charge in [-0.25, -0.2) is 4.79 Å². The molecule has 0 aromatic heterocycles. The van der Waals surface area contributed by atoms with E-state index in [2.05, 4.69) is 10.6 Å². The Balaban J connectivity index is 1.73. The molecular formula is C22H26N4O6. The van der Waals surface area contributed by atoms with E-state index in [0.717, 1.165) is 5.56 Å². The van der Waals surface area contributed by atoms with Crippen molar-refractivity contribution in [1.29, 1.82) is 0 Å². The molecule has 0 heterocycles. The minimum Gasteiger partial charge on any atom is -0.480 e. The molecule has 10 heteroatoms. The van der Waals surface area contributed by atoms with Crippen molar-refractivity contribution in [1.82, 2.24) is 10.6 Å². The summed E-state index contributed by atoms with van der Waals surface area (Å²) in [6.45, 7) is 0.337. The number of nitro groups is 1. The van der Waals surface area contributed by atoms with Gasteiger partial charge >= 0.3 is 5.97 Å². The summed E-state index contributed by atoms with van der Waals surface area (Å²) in [5, 5.41) is 25.2. The number of carboxylic acid groups (broad SMARTS) is 1. The first kappa shape index (κ1) is 24.5. The molecule has 0 spiro atoms. The fraction of sp³-hybridized carbons (Fsp3) is 0.318. The van der Waals surface area contributed by atoms with Crippen molar-refractivity contribution in [3.05, 3.63) is 75.8 Å². The summed E-state index contributed by atoms with van der Waals surface area (Å²) in [5.74, 6) is -2.10. The van der Waals surface area contributed by atoms with E-state index in [9.17, 15) is 29.6 Å². The lowest BCUT2D eigenvalue weighted by Crippen LogP contribution is -2.42. The second-order valence-electron chi connectivity index (χ2n) is 7.25. The monoisotopic (exact) mass is 442 g/mol. The minimum absolute atomic E-state index is 0.126. The Labute approximate surface area is 185 Å². The van der Waals surface area contributed by atoms with Crippen molar-refractivity contribution < 1.29 is 24.4 Å². The molecule has 32 heavy (non-hydrogen) atoms. The molecule has 2 atom stereocenters. The standard InChI is InChI=1S/C22H26N4O6/c23-18(14-15-6-2-1-3-7-15)21(28)24-13-5-4-8-19(22(29)30)25-20(27)16-9-11-17(12-10-16)26(31)32/h1-3,6-7,9-12,18-19H,4-5,8,13-14,23H2,(H,24,28)(H,25,27)(H,29,30)/t18-,19-/m0/s1. The molecule has 0 bridgehead atoms. The second-order valence-corrected chi connectivity index (χ2v) is 7.25. The van der Waals surface area contributed by atoms with E-state index in [1.54, 1.807) is 0 Å². The van der Waals surface area contributed by atoms with E-state index in [0.29, 0.717) is 25.8 Å². The van der Waals surface area contributed by atoms with Crippen LogP contribution in [0, 0.1) is 10.1 Å². The van der Waals surface area contributed by atoms with Gasteiger partial charge in [0.2, 0.25) is 5.91 Å². The van der Waals surface area contributed by atoms with Gasteiger partial charge in [-0.2, -0.15) is 0 Å². The molecule has 2 rings (SSSR count). The highest BCUT2D eigenvalue weighted by Crippen LogP contribution is 2.12. The predicted octanol–water partition coefficient (Wildman–Crippen LogP) is 1.63. The Morgan fingerprint density at radius 1 is 1.03 bits per heavy atom. The predicted molar refractivity (Wildman–Crippen MR) is 117 cm³/mol. The van der Waals surface area contributed by atoms with Gasteiger partial charge in [-0.05, 0) is 43.4 Å². The van der Waals surface area contributed by atoms with E-state index in [-0.39, 0.29) is 23.6 Å². The normalized spacial score (nSPS) is 12.4. The first-order valence-corrected chi connectivity index (χ1v) is 10.1. The Bertz CT molecular complexity index is 933. The molecule has 0 unspecified atom stereocenters. The van der Waals surface area contributed by atoms with Gasteiger partial charge in [-0.15, -0.1) is 0 Å². The topological polar surface area (TPSA) is 165 Å². The molecule has 0 aliphatic carbocycles. The largest absolute Gasteiger partial charge is 0.480 e. The number of hydrogen-bond acceptors (Lipinski definition) is 6. The zero-order valence-electron chi connectivity index (χ0n) is 17.4. The SMILES string of the molecule is N[C@@H](Cc1ccccc1)C(=O)NCCCC[C@H](NC(=O)c1ccc([N+](=O)[O-])cc1)C(=O)O. The van der Waals surface area contributed by atoms with Crippen LogP contribution in [0.2, 0.25) is 0 Å². The smallest absolute Gasteiger partial charge is 0.326 e. The van der Waals surface area contributed by atoms with Crippen LogP contribution in [0.3, 0.4) is 0 Å². The van der Waals surface area contributed by atoms with Gasteiger partial charge in [0.25, 0.3) is 11.6 Å². The molecule has 0 saturated carbocycles. The van der Waals surface area contributed by atoms with E-state index < -0.39 is 28.9 Å². The van der Waals surface area contributed by atoms with Crippen LogP contribution in [-0.4, -0.2) is 46.4 Å². The lowest BCUT2D eigenvalue weighted by atomic mass is 10.1. The summed E-state index contributed by atoms with van der Waals surface area (Å²) in [6, 6.07) is 12.5. The highest BCUT2D eigenvalue weighted by Gasteiger charge is 2.21. The van der Waals surface area contributed by atoms with Crippen LogP contribution in [0.4, 0.5) is 5.69 Å². The molecule has 0 aliphatic heterocycles. The van der Waals surface area contributed by atoms with E-state index >= 15 is 0 Å². The molecular weight excluding hydrogens is 416 g/mol. The van der Waals surface area contributed by atoms with Gasteiger partial charge in [0.05, 0.1) is 11.0 Å². The summed E-state index contributed by atoms with van der Waals surface area (Å²) >= 11 is 0. The van der Waals surface area contributed by atoms with Crippen LogP contribution < -0.4 is 16.4 Å². The van der Waals surface area contributed by atoms with Gasteiger partial charge in [0.15, 0.2) is 0 Å². The fourth-order valence-corrected chi connectivity index (χ4v) is 3.01. The van der Waals surface area contributed by atoms with Gasteiger partial charge in [0, 0.05) is 24.2 Å². The van der Waals surface area contributed by atoms with Crippen molar-refractivity contribution in [2.75, 3.05) is 6.54 Å².